The first-order valence-electron chi connectivity index (χ1n) is 7.19. The first-order chi connectivity index (χ1) is 10.8. The molecule has 0 aliphatic carbocycles. The van der Waals surface area contributed by atoms with E-state index in [1.807, 2.05) is 0 Å². The van der Waals surface area contributed by atoms with E-state index in [1.54, 1.807) is 12.1 Å². The third-order valence-corrected chi connectivity index (χ3v) is 3.59. The van der Waals surface area contributed by atoms with Gasteiger partial charge in [-0.05, 0) is 24.5 Å². The van der Waals surface area contributed by atoms with Crippen LogP contribution < -0.4 is 5.32 Å². The van der Waals surface area contributed by atoms with Gasteiger partial charge in [0, 0.05) is 25.2 Å². The van der Waals surface area contributed by atoms with Crippen LogP contribution in [0.1, 0.15) is 18.4 Å². The summed E-state index contributed by atoms with van der Waals surface area (Å²) in [5.41, 5.74) is 0.502. The summed E-state index contributed by atoms with van der Waals surface area (Å²) in [6.45, 7) is 0.366. The highest BCUT2D eigenvalue weighted by Gasteiger charge is 2.30. The molecule has 5 nitrogen and oxygen atoms in total. The number of carbonyl (C=O) groups is 2. The van der Waals surface area contributed by atoms with Crippen LogP contribution in [0.3, 0.4) is 0 Å². The Morgan fingerprint density at radius 3 is 2.61 bits per heavy atom. The number of alkyl halides is 3. The van der Waals surface area contributed by atoms with Crippen LogP contribution in [0.2, 0.25) is 0 Å². The third kappa shape index (κ3) is 4.95. The molecule has 1 atom stereocenters. The number of nitrogens with zero attached hydrogens (tertiary/aromatic N) is 1. The molecular weight excluding hydrogens is 313 g/mol. The zero-order valence-corrected chi connectivity index (χ0v) is 12.3. The SMILES string of the molecule is O=C(Nc1ccccc1CCC(F)(F)F)C(=O)N1CC[C@@H](O)C1. The number of hydrogen-bond acceptors (Lipinski definition) is 3. The van der Waals surface area contributed by atoms with Crippen LogP contribution in [-0.4, -0.2) is 47.2 Å². The molecule has 1 aromatic carbocycles. The molecule has 1 aliphatic rings. The quantitative estimate of drug-likeness (QED) is 0.829. The first-order valence-corrected chi connectivity index (χ1v) is 7.19. The van der Waals surface area contributed by atoms with Gasteiger partial charge in [0.15, 0.2) is 0 Å². The second-order valence-corrected chi connectivity index (χ2v) is 5.42. The highest BCUT2D eigenvalue weighted by molar-refractivity contribution is 6.39. The molecule has 1 saturated heterocycles. The predicted molar refractivity (Wildman–Crippen MR) is 76.7 cm³/mol. The second-order valence-electron chi connectivity index (χ2n) is 5.42. The number of β-amino-alcohol motifs (C(OH)–C–C–N with tert-alkyl or cyclic N) is 1. The van der Waals surface area contributed by atoms with Gasteiger partial charge in [0.05, 0.1) is 6.10 Å². The largest absolute Gasteiger partial charge is 0.391 e. The van der Waals surface area contributed by atoms with Crippen LogP contribution in [0.4, 0.5) is 18.9 Å². The zero-order chi connectivity index (χ0) is 17.0. The molecule has 1 fully saturated rings. The Labute approximate surface area is 131 Å². The summed E-state index contributed by atoms with van der Waals surface area (Å²) in [6.07, 6.45) is -5.83. The van der Waals surface area contributed by atoms with E-state index in [4.69, 9.17) is 0 Å². The van der Waals surface area contributed by atoms with Crippen molar-refractivity contribution in [3.63, 3.8) is 0 Å². The van der Waals surface area contributed by atoms with Crippen LogP contribution in [0.5, 0.6) is 0 Å². The molecule has 0 radical (unpaired) electrons. The predicted octanol–water partition coefficient (Wildman–Crippen LogP) is 1.71. The van der Waals surface area contributed by atoms with E-state index >= 15 is 0 Å². The molecule has 126 valence electrons. The van der Waals surface area contributed by atoms with E-state index in [0.717, 1.165) is 0 Å². The van der Waals surface area contributed by atoms with Crippen molar-refractivity contribution in [1.82, 2.24) is 4.90 Å². The summed E-state index contributed by atoms with van der Waals surface area (Å²) in [4.78, 5) is 25.1. The van der Waals surface area contributed by atoms with E-state index in [9.17, 15) is 27.9 Å². The lowest BCUT2D eigenvalue weighted by atomic mass is 10.1. The Kier molecular flexibility index (Phi) is 5.25. The Bertz CT molecular complexity index is 590. The molecule has 0 bridgehead atoms. The lowest BCUT2D eigenvalue weighted by molar-refractivity contribution is -0.142. The molecule has 2 amide bonds. The van der Waals surface area contributed by atoms with Crippen molar-refractivity contribution in [3.8, 4) is 0 Å². The molecule has 0 spiro atoms. The van der Waals surface area contributed by atoms with E-state index in [1.165, 1.54) is 17.0 Å². The first kappa shape index (κ1) is 17.3. The van der Waals surface area contributed by atoms with Crippen molar-refractivity contribution >= 4 is 17.5 Å². The Morgan fingerprint density at radius 1 is 1.30 bits per heavy atom. The van der Waals surface area contributed by atoms with Crippen molar-refractivity contribution in [1.29, 1.82) is 0 Å². The summed E-state index contributed by atoms with van der Waals surface area (Å²) in [5, 5.41) is 11.7. The van der Waals surface area contributed by atoms with E-state index < -0.39 is 30.5 Å². The number of nitrogens with one attached hydrogen (secondary N) is 1. The molecule has 2 rings (SSSR count). The number of hydrogen-bond donors (Lipinski definition) is 2. The molecule has 0 unspecified atom stereocenters. The van der Waals surface area contributed by atoms with Gasteiger partial charge < -0.3 is 15.3 Å². The monoisotopic (exact) mass is 330 g/mol. The maximum Gasteiger partial charge on any atom is 0.389 e. The van der Waals surface area contributed by atoms with Crippen LogP contribution >= 0.6 is 0 Å². The average molecular weight is 330 g/mol. The number of rotatable bonds is 3. The van der Waals surface area contributed by atoms with E-state index in [0.29, 0.717) is 12.0 Å². The second kappa shape index (κ2) is 6.99. The van der Waals surface area contributed by atoms with Crippen molar-refractivity contribution in [2.45, 2.75) is 31.5 Å². The Balaban J connectivity index is 2.02. The smallest absolute Gasteiger partial charge is 0.389 e. The average Bonchev–Trinajstić information content (AvgIpc) is 2.91. The molecule has 23 heavy (non-hydrogen) atoms. The van der Waals surface area contributed by atoms with Crippen LogP contribution in [0.15, 0.2) is 24.3 Å². The van der Waals surface area contributed by atoms with Gasteiger partial charge in [-0.15, -0.1) is 0 Å². The number of carbonyl (C=O) groups excluding carboxylic acids is 2. The van der Waals surface area contributed by atoms with Crippen molar-refractivity contribution in [3.05, 3.63) is 29.8 Å². The minimum absolute atomic E-state index is 0.0853. The van der Waals surface area contributed by atoms with E-state index in [-0.39, 0.29) is 25.2 Å². The number of aliphatic hydroxyl groups is 1. The summed E-state index contributed by atoms with van der Waals surface area (Å²) >= 11 is 0. The molecule has 8 heteroatoms. The normalized spacial score (nSPS) is 18.1. The van der Waals surface area contributed by atoms with Crippen LogP contribution in [-0.2, 0) is 16.0 Å². The lowest BCUT2D eigenvalue weighted by Crippen LogP contribution is -2.38. The van der Waals surface area contributed by atoms with Gasteiger partial charge in [0.2, 0.25) is 0 Å². The number of amides is 2. The number of benzene rings is 1. The highest BCUT2D eigenvalue weighted by atomic mass is 19.4. The molecule has 1 heterocycles. The lowest BCUT2D eigenvalue weighted by Gasteiger charge is -2.16. The molecular formula is C15H17F3N2O3. The van der Waals surface area contributed by atoms with Crippen molar-refractivity contribution in [2.75, 3.05) is 18.4 Å². The summed E-state index contributed by atoms with van der Waals surface area (Å²) < 4.78 is 37.0. The maximum atomic E-state index is 12.3. The molecule has 0 saturated carbocycles. The fourth-order valence-electron chi connectivity index (χ4n) is 2.38. The number of anilines is 1. The summed E-state index contributed by atoms with van der Waals surface area (Å²) in [6, 6.07) is 6.07. The number of aliphatic hydroxyl groups excluding tert-OH is 1. The topological polar surface area (TPSA) is 69.6 Å². The van der Waals surface area contributed by atoms with Crippen molar-refractivity contribution in [2.24, 2.45) is 0 Å². The van der Waals surface area contributed by atoms with E-state index in [2.05, 4.69) is 5.32 Å². The number of aryl methyl sites for hydroxylation is 1. The fourth-order valence-corrected chi connectivity index (χ4v) is 2.38. The van der Waals surface area contributed by atoms with Gasteiger partial charge in [-0.3, -0.25) is 9.59 Å². The summed E-state index contributed by atoms with van der Waals surface area (Å²) in [7, 11) is 0. The standard InChI is InChI=1S/C15H17F3N2O3/c16-15(17,18)7-5-10-3-1-2-4-12(10)19-13(22)14(23)20-8-6-11(21)9-20/h1-4,11,21H,5-9H2,(H,19,22)/t11-/m1/s1. The zero-order valence-electron chi connectivity index (χ0n) is 12.3. The molecule has 0 aromatic heterocycles. The number of likely N-dealkylation sites (tertiary alicyclic amines) is 1. The van der Waals surface area contributed by atoms with Gasteiger partial charge >= 0.3 is 18.0 Å². The Morgan fingerprint density at radius 2 is 2.00 bits per heavy atom. The summed E-state index contributed by atoms with van der Waals surface area (Å²) in [5.74, 6) is -1.72. The van der Waals surface area contributed by atoms with Gasteiger partial charge in [0.25, 0.3) is 0 Å². The van der Waals surface area contributed by atoms with Crippen LogP contribution in [0, 0.1) is 0 Å². The molecule has 1 aromatic rings. The van der Waals surface area contributed by atoms with Gasteiger partial charge in [0.1, 0.15) is 0 Å². The maximum absolute atomic E-state index is 12.3. The number of para-hydroxylation sites is 1. The minimum atomic E-state index is -4.29. The molecule has 1 aliphatic heterocycles. The van der Waals surface area contributed by atoms with Crippen LogP contribution in [0.25, 0.3) is 0 Å². The van der Waals surface area contributed by atoms with Crippen molar-refractivity contribution < 1.29 is 27.9 Å². The molecule has 2 N–H and O–H groups in total. The third-order valence-electron chi connectivity index (χ3n) is 3.59. The Hall–Kier alpha value is -2.09. The minimum Gasteiger partial charge on any atom is -0.391 e. The van der Waals surface area contributed by atoms with Gasteiger partial charge in [-0.2, -0.15) is 13.2 Å². The highest BCUT2D eigenvalue weighted by Crippen LogP contribution is 2.25. The fraction of sp³-hybridized carbons (Fsp3) is 0.467. The van der Waals surface area contributed by atoms with Gasteiger partial charge in [-0.25, -0.2) is 0 Å². The number of halogens is 3. The van der Waals surface area contributed by atoms with Gasteiger partial charge in [-0.1, -0.05) is 18.2 Å².